The van der Waals surface area contributed by atoms with Gasteiger partial charge in [0.05, 0.1) is 18.7 Å². The van der Waals surface area contributed by atoms with Gasteiger partial charge in [-0.3, -0.25) is 9.69 Å². The van der Waals surface area contributed by atoms with Gasteiger partial charge in [-0.15, -0.1) is 6.42 Å². The molecule has 1 fully saturated rings. The average molecular weight is 476 g/mol. The fourth-order valence-corrected chi connectivity index (χ4v) is 3.27. The molecule has 0 radical (unpaired) electrons. The number of imide groups is 1. The van der Waals surface area contributed by atoms with Crippen LogP contribution in [0.3, 0.4) is 0 Å². The van der Waals surface area contributed by atoms with E-state index >= 15 is 0 Å². The maximum Gasteiger partial charge on any atom is 0.329 e. The number of amides is 3. The van der Waals surface area contributed by atoms with E-state index in [-0.39, 0.29) is 23.9 Å². The first-order chi connectivity index (χ1) is 13.9. The number of benzene rings is 2. The highest BCUT2D eigenvalue weighted by Gasteiger charge is 2.33. The van der Waals surface area contributed by atoms with E-state index in [4.69, 9.17) is 27.5 Å². The molecule has 3 amide bonds. The summed E-state index contributed by atoms with van der Waals surface area (Å²) in [5, 5.41) is 2.86. The van der Waals surface area contributed by atoms with Crippen LogP contribution in [0.25, 0.3) is 6.08 Å². The zero-order chi connectivity index (χ0) is 21.0. The third-order valence-corrected chi connectivity index (χ3v) is 4.89. The van der Waals surface area contributed by atoms with Crippen molar-refractivity contribution >= 4 is 45.5 Å². The number of halogens is 2. The Morgan fingerprint density at radius 2 is 2.00 bits per heavy atom. The number of urea groups is 1. The lowest BCUT2D eigenvalue weighted by Crippen LogP contribution is -2.30. The molecule has 1 N–H and O–H groups in total. The molecule has 0 atom stereocenters. The predicted molar refractivity (Wildman–Crippen MR) is 114 cm³/mol. The number of hydrogen-bond donors (Lipinski definition) is 1. The van der Waals surface area contributed by atoms with Gasteiger partial charge in [0.15, 0.2) is 11.5 Å². The smallest absolute Gasteiger partial charge is 0.329 e. The molecule has 0 aromatic heterocycles. The summed E-state index contributed by atoms with van der Waals surface area (Å²) in [4.78, 5) is 26.1. The van der Waals surface area contributed by atoms with Gasteiger partial charge in [-0.05, 0) is 41.5 Å². The lowest BCUT2D eigenvalue weighted by atomic mass is 10.1. The second-order valence-electron chi connectivity index (χ2n) is 6.03. The molecule has 8 heteroatoms. The summed E-state index contributed by atoms with van der Waals surface area (Å²) in [6, 6.07) is 10.1. The molecule has 6 nitrogen and oxygen atoms in total. The predicted octanol–water partition coefficient (Wildman–Crippen LogP) is 4.22. The Bertz CT molecular complexity index is 1030. The van der Waals surface area contributed by atoms with Crippen molar-refractivity contribution < 1.29 is 19.1 Å². The number of rotatable bonds is 6. The van der Waals surface area contributed by atoms with Crippen LogP contribution >= 0.6 is 27.5 Å². The van der Waals surface area contributed by atoms with Gasteiger partial charge in [-0.1, -0.05) is 45.6 Å². The minimum absolute atomic E-state index is 0.0378. The lowest BCUT2D eigenvalue weighted by Gasteiger charge is -2.12. The fourth-order valence-electron chi connectivity index (χ4n) is 2.73. The Morgan fingerprint density at radius 3 is 2.66 bits per heavy atom. The second-order valence-corrected chi connectivity index (χ2v) is 7.36. The van der Waals surface area contributed by atoms with Crippen LogP contribution in [0.1, 0.15) is 11.1 Å². The van der Waals surface area contributed by atoms with E-state index in [1.165, 1.54) is 13.2 Å². The zero-order valence-electron chi connectivity index (χ0n) is 15.4. The van der Waals surface area contributed by atoms with E-state index in [2.05, 4.69) is 27.2 Å². The summed E-state index contributed by atoms with van der Waals surface area (Å²) in [6.45, 7) is 0.203. The van der Waals surface area contributed by atoms with E-state index in [1.807, 2.05) is 24.3 Å². The van der Waals surface area contributed by atoms with E-state index in [0.29, 0.717) is 17.1 Å². The largest absolute Gasteiger partial charge is 0.493 e. The van der Waals surface area contributed by atoms with Crippen LogP contribution in [0.2, 0.25) is 5.02 Å². The maximum absolute atomic E-state index is 12.7. The molecule has 0 unspecified atom stereocenters. The number of hydrogen-bond acceptors (Lipinski definition) is 4. The van der Waals surface area contributed by atoms with E-state index in [9.17, 15) is 9.59 Å². The number of carbonyl (C=O) groups is 2. The molecule has 2 aromatic rings. The van der Waals surface area contributed by atoms with Crippen LogP contribution in [0, 0.1) is 12.3 Å². The first-order valence-electron chi connectivity index (χ1n) is 8.45. The molecule has 0 spiro atoms. The van der Waals surface area contributed by atoms with Crippen molar-refractivity contribution in [3.05, 3.63) is 62.7 Å². The molecule has 0 saturated carbocycles. The van der Waals surface area contributed by atoms with Crippen molar-refractivity contribution in [1.29, 1.82) is 0 Å². The summed E-state index contributed by atoms with van der Waals surface area (Å²) in [7, 11) is 1.47. The first kappa shape index (κ1) is 20.8. The number of terminal acetylenes is 1. The number of methoxy groups -OCH3 is 1. The zero-order valence-corrected chi connectivity index (χ0v) is 17.7. The Hall–Kier alpha value is -2.95. The standard InChI is InChI=1S/C21H16BrClN2O4/c1-3-8-29-19-16(23)9-14(11-18(19)28-2)10-17-20(26)25(21(27)24-17)12-13-4-6-15(22)7-5-13/h1,4-7,9-11H,8,12H2,2H3,(H,24,27). The van der Waals surface area contributed by atoms with Gasteiger partial charge in [0.25, 0.3) is 5.91 Å². The van der Waals surface area contributed by atoms with Gasteiger partial charge in [-0.2, -0.15) is 0 Å². The topological polar surface area (TPSA) is 67.9 Å². The molecule has 0 bridgehead atoms. The van der Waals surface area contributed by atoms with Gasteiger partial charge in [0.1, 0.15) is 12.3 Å². The number of nitrogens with one attached hydrogen (secondary N) is 1. The van der Waals surface area contributed by atoms with Crippen LogP contribution < -0.4 is 14.8 Å². The molecule has 1 aliphatic rings. The fraction of sp³-hybridized carbons (Fsp3) is 0.143. The molecule has 1 heterocycles. The normalized spacial score (nSPS) is 14.7. The van der Waals surface area contributed by atoms with Crippen molar-refractivity contribution in [3.8, 4) is 23.8 Å². The Morgan fingerprint density at radius 1 is 1.28 bits per heavy atom. The summed E-state index contributed by atoms with van der Waals surface area (Å²) in [5.74, 6) is 2.60. The van der Waals surface area contributed by atoms with Crippen LogP contribution in [0.5, 0.6) is 11.5 Å². The van der Waals surface area contributed by atoms with Crippen molar-refractivity contribution in [1.82, 2.24) is 10.2 Å². The highest BCUT2D eigenvalue weighted by molar-refractivity contribution is 9.10. The molecular formula is C21H16BrClN2O4. The molecule has 3 rings (SSSR count). The monoisotopic (exact) mass is 474 g/mol. The van der Waals surface area contributed by atoms with E-state index < -0.39 is 11.9 Å². The minimum Gasteiger partial charge on any atom is -0.493 e. The Kier molecular flexibility index (Phi) is 6.47. The van der Waals surface area contributed by atoms with Crippen molar-refractivity contribution in [2.45, 2.75) is 6.54 Å². The molecule has 1 saturated heterocycles. The third kappa shape index (κ3) is 4.73. The summed E-state index contributed by atoms with van der Waals surface area (Å²) < 4.78 is 11.6. The quantitative estimate of drug-likeness (QED) is 0.386. The lowest BCUT2D eigenvalue weighted by molar-refractivity contribution is -0.123. The SMILES string of the molecule is C#CCOc1c(Cl)cc(C=C2NC(=O)N(Cc3ccc(Br)cc3)C2=O)cc1OC. The second kappa shape index (κ2) is 9.03. The molecular weight excluding hydrogens is 460 g/mol. The van der Waals surface area contributed by atoms with Crippen LogP contribution in [-0.4, -0.2) is 30.6 Å². The Balaban J connectivity index is 1.84. The number of ether oxygens (including phenoxy) is 2. The van der Waals surface area contributed by atoms with Crippen LogP contribution in [-0.2, 0) is 11.3 Å². The molecule has 2 aromatic carbocycles. The van der Waals surface area contributed by atoms with Crippen molar-refractivity contribution in [2.75, 3.05) is 13.7 Å². The van der Waals surface area contributed by atoms with Gasteiger partial charge in [-0.25, -0.2) is 4.79 Å². The summed E-state index contributed by atoms with van der Waals surface area (Å²) >= 11 is 9.62. The average Bonchev–Trinajstić information content (AvgIpc) is 2.95. The molecule has 1 aliphatic heterocycles. The van der Waals surface area contributed by atoms with Gasteiger partial charge >= 0.3 is 6.03 Å². The number of carbonyl (C=O) groups excluding carboxylic acids is 2. The van der Waals surface area contributed by atoms with Crippen LogP contribution in [0.15, 0.2) is 46.6 Å². The van der Waals surface area contributed by atoms with E-state index in [1.54, 1.807) is 12.1 Å². The maximum atomic E-state index is 12.7. The minimum atomic E-state index is -0.490. The van der Waals surface area contributed by atoms with Gasteiger partial charge in [0, 0.05) is 4.47 Å². The molecule has 29 heavy (non-hydrogen) atoms. The van der Waals surface area contributed by atoms with Crippen molar-refractivity contribution in [2.24, 2.45) is 0 Å². The van der Waals surface area contributed by atoms with E-state index in [0.717, 1.165) is 14.9 Å². The molecule has 148 valence electrons. The van der Waals surface area contributed by atoms with Crippen LogP contribution in [0.4, 0.5) is 4.79 Å². The summed E-state index contributed by atoms with van der Waals surface area (Å²) in [5.41, 5.74) is 1.54. The Labute approximate surface area is 181 Å². The highest BCUT2D eigenvalue weighted by Crippen LogP contribution is 2.37. The van der Waals surface area contributed by atoms with Gasteiger partial charge < -0.3 is 14.8 Å². The summed E-state index contributed by atoms with van der Waals surface area (Å²) in [6.07, 6.45) is 6.74. The van der Waals surface area contributed by atoms with Gasteiger partial charge in [0.2, 0.25) is 0 Å². The van der Waals surface area contributed by atoms with Crippen molar-refractivity contribution in [3.63, 3.8) is 0 Å². The molecule has 0 aliphatic carbocycles. The third-order valence-electron chi connectivity index (χ3n) is 4.08. The highest BCUT2D eigenvalue weighted by atomic mass is 79.9. The first-order valence-corrected chi connectivity index (χ1v) is 9.62. The number of nitrogens with zero attached hydrogens (tertiary/aromatic N) is 1.